The molecule has 0 heterocycles. The van der Waals surface area contributed by atoms with E-state index < -0.39 is 97.5 Å². The van der Waals surface area contributed by atoms with Gasteiger partial charge in [-0.3, -0.25) is 37.3 Å². The monoisotopic (exact) mass is 1500 g/mol. The molecule has 3 N–H and O–H groups in total. The van der Waals surface area contributed by atoms with Gasteiger partial charge < -0.3 is 33.8 Å². The number of aliphatic hydroxyl groups excluding tert-OH is 1. The molecule has 0 radical (unpaired) electrons. The van der Waals surface area contributed by atoms with Gasteiger partial charge in [-0.25, -0.2) is 9.13 Å². The first-order valence-corrected chi connectivity index (χ1v) is 43.8. The average molecular weight is 1500 g/mol. The van der Waals surface area contributed by atoms with Crippen LogP contribution in [0, 0.1) is 0 Å². The van der Waals surface area contributed by atoms with E-state index >= 15 is 0 Å². The molecule has 17 nitrogen and oxygen atoms in total. The summed E-state index contributed by atoms with van der Waals surface area (Å²) in [5.41, 5.74) is 0. The number of phosphoric ester groups is 2. The molecule has 598 valence electrons. The van der Waals surface area contributed by atoms with E-state index in [4.69, 9.17) is 37.0 Å². The van der Waals surface area contributed by atoms with E-state index in [1.807, 2.05) is 24.3 Å². The molecule has 0 amide bonds. The molecule has 2 unspecified atom stereocenters. The van der Waals surface area contributed by atoms with Crippen molar-refractivity contribution in [1.29, 1.82) is 0 Å². The van der Waals surface area contributed by atoms with Crippen molar-refractivity contribution in [2.45, 2.75) is 354 Å². The molecule has 0 saturated heterocycles. The van der Waals surface area contributed by atoms with Gasteiger partial charge in [-0.15, -0.1) is 0 Å². The summed E-state index contributed by atoms with van der Waals surface area (Å²) in [7, 11) is -9.99. The zero-order valence-electron chi connectivity index (χ0n) is 65.4. The number of hydrogen-bond acceptors (Lipinski definition) is 15. The summed E-state index contributed by atoms with van der Waals surface area (Å²) >= 11 is 0. The lowest BCUT2D eigenvalue weighted by atomic mass is 10.1. The van der Waals surface area contributed by atoms with E-state index in [1.54, 1.807) is 0 Å². The molecule has 0 rings (SSSR count). The highest BCUT2D eigenvalue weighted by molar-refractivity contribution is 7.47. The van der Waals surface area contributed by atoms with Crippen molar-refractivity contribution in [3.8, 4) is 0 Å². The Morgan fingerprint density at radius 1 is 0.269 bits per heavy atom. The average Bonchev–Trinajstić information content (AvgIpc) is 0.937. The number of unbranched alkanes of at least 4 members (excludes halogenated alkanes) is 30. The molecule has 0 fully saturated rings. The van der Waals surface area contributed by atoms with E-state index in [1.165, 1.54) is 116 Å². The zero-order valence-corrected chi connectivity index (χ0v) is 67.2. The van der Waals surface area contributed by atoms with E-state index in [9.17, 15) is 43.2 Å². The Hall–Kier alpha value is -4.54. The van der Waals surface area contributed by atoms with Crippen molar-refractivity contribution in [3.05, 3.63) is 122 Å². The summed E-state index contributed by atoms with van der Waals surface area (Å²) in [6.07, 6.45) is 84.7. The molecule has 4 atom stereocenters. The summed E-state index contributed by atoms with van der Waals surface area (Å²) in [6, 6.07) is 0. The second-order valence-corrected chi connectivity index (χ2v) is 29.9. The molecule has 0 aromatic carbocycles. The lowest BCUT2D eigenvalue weighted by molar-refractivity contribution is -0.161. The Morgan fingerprint density at radius 3 is 0.779 bits per heavy atom. The number of phosphoric acid groups is 2. The molecule has 0 spiro atoms. The number of ether oxygens (including phenoxy) is 4. The topological polar surface area (TPSA) is 237 Å². The quantitative estimate of drug-likeness (QED) is 0.0169. The smallest absolute Gasteiger partial charge is 0.462 e. The van der Waals surface area contributed by atoms with E-state index in [-0.39, 0.29) is 25.7 Å². The van der Waals surface area contributed by atoms with E-state index in [0.29, 0.717) is 38.5 Å². The van der Waals surface area contributed by atoms with Crippen LogP contribution < -0.4 is 0 Å². The van der Waals surface area contributed by atoms with Crippen LogP contribution in [0.15, 0.2) is 122 Å². The van der Waals surface area contributed by atoms with Crippen LogP contribution in [0.3, 0.4) is 0 Å². The molecule has 104 heavy (non-hydrogen) atoms. The fourth-order valence-corrected chi connectivity index (χ4v) is 12.2. The van der Waals surface area contributed by atoms with Gasteiger partial charge in [-0.2, -0.15) is 0 Å². The molecule has 0 aliphatic carbocycles. The van der Waals surface area contributed by atoms with Gasteiger partial charge in [0.05, 0.1) is 26.4 Å². The van der Waals surface area contributed by atoms with Gasteiger partial charge in [-0.05, 0) is 154 Å². The minimum Gasteiger partial charge on any atom is -0.462 e. The Bertz CT molecular complexity index is 2280. The third kappa shape index (κ3) is 75.7. The van der Waals surface area contributed by atoms with Crippen molar-refractivity contribution < 1.29 is 80.2 Å². The van der Waals surface area contributed by atoms with Gasteiger partial charge in [-0.1, -0.05) is 278 Å². The van der Waals surface area contributed by atoms with Crippen LogP contribution in [0.1, 0.15) is 336 Å². The minimum atomic E-state index is -5.00. The maximum absolute atomic E-state index is 13.1. The predicted octanol–water partition coefficient (Wildman–Crippen LogP) is 23.9. The highest BCUT2D eigenvalue weighted by Crippen LogP contribution is 2.45. The number of rotatable bonds is 76. The summed E-state index contributed by atoms with van der Waals surface area (Å²) in [4.78, 5) is 73.0. The first-order valence-electron chi connectivity index (χ1n) is 40.8. The van der Waals surface area contributed by atoms with E-state index in [0.717, 1.165) is 128 Å². The molecule has 0 aromatic rings. The lowest BCUT2D eigenvalue weighted by Gasteiger charge is -2.21. The lowest BCUT2D eigenvalue weighted by Crippen LogP contribution is -2.30. The van der Waals surface area contributed by atoms with Gasteiger partial charge in [0.1, 0.15) is 19.3 Å². The number of aliphatic hydroxyl groups is 1. The normalized spacial score (nSPS) is 14.5. The second-order valence-electron chi connectivity index (χ2n) is 27.0. The molecule has 0 aliphatic rings. The van der Waals surface area contributed by atoms with Gasteiger partial charge in [0.15, 0.2) is 12.2 Å². The molecule has 0 bridgehead atoms. The van der Waals surface area contributed by atoms with E-state index in [2.05, 4.69) is 125 Å². The fourth-order valence-electron chi connectivity index (χ4n) is 10.6. The summed E-state index contributed by atoms with van der Waals surface area (Å²) in [5.74, 6) is -2.32. The number of allylic oxidation sites excluding steroid dienone is 20. The maximum atomic E-state index is 13.1. The fraction of sp³-hybridized carbons (Fsp3) is 0.718. The SMILES string of the molecule is CCCCC/C=C\C/C=C\C/C=C\C/C=C\CCCC(=O)OC[C@H](COP(=O)(O)OCC(O)COP(=O)(O)OC[C@@H](COC(=O)CCC/C=C\C/C=C\C/C=C\C/C=C\CCCCC)OC(=O)CCCCCCC/C=C\CCCCCCCC)OC(=O)CCCCCCC/C=C\CCCCCCCC. The van der Waals surface area contributed by atoms with Crippen LogP contribution in [-0.4, -0.2) is 96.7 Å². The summed E-state index contributed by atoms with van der Waals surface area (Å²) < 4.78 is 68.5. The van der Waals surface area contributed by atoms with Crippen LogP contribution >= 0.6 is 15.6 Å². The molecule has 0 saturated carbocycles. The van der Waals surface area contributed by atoms with Crippen LogP contribution in [0.25, 0.3) is 0 Å². The highest BCUT2D eigenvalue weighted by atomic mass is 31.2. The Labute approximate surface area is 632 Å². The Balaban J connectivity index is 5.47. The van der Waals surface area contributed by atoms with Crippen molar-refractivity contribution in [1.82, 2.24) is 0 Å². The predicted molar refractivity (Wildman–Crippen MR) is 427 cm³/mol. The number of esters is 4. The van der Waals surface area contributed by atoms with Crippen molar-refractivity contribution in [2.24, 2.45) is 0 Å². The van der Waals surface area contributed by atoms with Crippen LogP contribution in [0.4, 0.5) is 0 Å². The van der Waals surface area contributed by atoms with Crippen molar-refractivity contribution in [2.75, 3.05) is 39.6 Å². The van der Waals surface area contributed by atoms with Gasteiger partial charge >= 0.3 is 39.5 Å². The third-order valence-corrected chi connectivity index (χ3v) is 18.8. The molecular weight excluding hydrogens is 1350 g/mol. The standard InChI is InChI=1S/C85H146O17P2/c1-5-9-13-17-21-25-29-33-37-39-43-45-49-53-57-61-65-69-82(87)95-75-80(101-84(89)71-67-63-59-55-51-47-41-35-31-27-23-19-15-11-7-3)77-99-103(91,92)97-73-79(86)74-98-104(93,94)100-78-81(102-85(90)72-68-64-60-56-52-48-42-36-32-28-24-20-16-12-8-4)76-96-83(88)70-66-62-58-54-50-46-44-40-38-34-30-26-22-18-14-10-6-2/h21-22,25-26,33-38,41-46,53-54,57-58,79-81,86H,5-20,23-24,27-32,39-40,47-52,55-56,59-78H2,1-4H3,(H,91,92)(H,93,94)/b25-21-,26-22-,37-33-,38-34-,41-35-,42-36-,45-43-,46-44-,57-53-,58-54-/t80-,81-/m1/s1. The van der Waals surface area contributed by atoms with Gasteiger partial charge in [0.2, 0.25) is 0 Å². The largest absolute Gasteiger partial charge is 0.472 e. The van der Waals surface area contributed by atoms with Crippen molar-refractivity contribution in [3.63, 3.8) is 0 Å². The minimum absolute atomic E-state index is 0.0707. The summed E-state index contributed by atoms with van der Waals surface area (Å²) in [6.45, 7) is 4.69. The first kappa shape index (κ1) is 99.5. The van der Waals surface area contributed by atoms with Crippen LogP contribution in [-0.2, 0) is 65.4 Å². The first-order chi connectivity index (χ1) is 50.7. The number of carbonyl (C=O) groups is 4. The molecule has 19 heteroatoms. The maximum Gasteiger partial charge on any atom is 0.472 e. The van der Waals surface area contributed by atoms with Crippen molar-refractivity contribution >= 4 is 39.5 Å². The zero-order chi connectivity index (χ0) is 76.0. The van der Waals surface area contributed by atoms with Gasteiger partial charge in [0.25, 0.3) is 0 Å². The molecule has 0 aromatic heterocycles. The van der Waals surface area contributed by atoms with Gasteiger partial charge in [0, 0.05) is 25.7 Å². The second kappa shape index (κ2) is 76.6. The molecule has 0 aliphatic heterocycles. The third-order valence-electron chi connectivity index (χ3n) is 16.9. The highest BCUT2D eigenvalue weighted by Gasteiger charge is 2.30. The number of carbonyl (C=O) groups excluding carboxylic acids is 4. The Kier molecular flexibility index (Phi) is 73.3. The Morgan fingerprint density at radius 2 is 0.481 bits per heavy atom. The number of hydrogen-bond donors (Lipinski definition) is 3. The van der Waals surface area contributed by atoms with Crippen LogP contribution in [0.5, 0.6) is 0 Å². The van der Waals surface area contributed by atoms with Crippen LogP contribution in [0.2, 0.25) is 0 Å². The molecular formula is C85H146O17P2. The summed E-state index contributed by atoms with van der Waals surface area (Å²) in [5, 5.41) is 10.6.